The smallest absolute Gasteiger partial charge is 0.395 e. The third-order valence-electron chi connectivity index (χ3n) is 2.61. The number of nitrogens with zero attached hydrogens (tertiary/aromatic N) is 2. The standard InChI is InChI=1S/C10H14F3N3O/c11-10(12,13)9-3-4-16(15-9)5-8(6-17)14-7-1-2-7/h3-4,7-8,14,17H,1-2,5-6H2. The second kappa shape index (κ2) is 4.66. The molecule has 0 saturated heterocycles. The lowest BCUT2D eigenvalue weighted by Crippen LogP contribution is -2.38. The summed E-state index contributed by atoms with van der Waals surface area (Å²) in [5, 5.41) is 15.7. The van der Waals surface area contributed by atoms with E-state index in [-0.39, 0.29) is 19.2 Å². The van der Waals surface area contributed by atoms with Crippen molar-refractivity contribution in [2.24, 2.45) is 0 Å². The molecule has 0 amide bonds. The van der Waals surface area contributed by atoms with E-state index < -0.39 is 11.9 Å². The Bertz CT molecular complexity index is 373. The van der Waals surface area contributed by atoms with Gasteiger partial charge in [0, 0.05) is 12.2 Å². The van der Waals surface area contributed by atoms with E-state index in [9.17, 15) is 13.2 Å². The number of halogens is 3. The first-order valence-electron chi connectivity index (χ1n) is 5.46. The molecule has 0 bridgehead atoms. The van der Waals surface area contributed by atoms with Crippen LogP contribution in [-0.4, -0.2) is 33.6 Å². The molecule has 0 spiro atoms. The SMILES string of the molecule is OCC(Cn1ccc(C(F)(F)F)n1)NC1CC1. The molecule has 0 radical (unpaired) electrons. The predicted octanol–water partition coefficient (Wildman–Crippen LogP) is 1.01. The van der Waals surface area contributed by atoms with Crippen LogP contribution in [0.5, 0.6) is 0 Å². The van der Waals surface area contributed by atoms with Crippen LogP contribution in [0.25, 0.3) is 0 Å². The van der Waals surface area contributed by atoms with E-state index in [1.807, 2.05) is 0 Å². The fourth-order valence-electron chi connectivity index (χ4n) is 1.59. The van der Waals surface area contributed by atoms with Gasteiger partial charge in [-0.05, 0) is 18.9 Å². The van der Waals surface area contributed by atoms with E-state index >= 15 is 0 Å². The number of hydrogen-bond donors (Lipinski definition) is 2. The van der Waals surface area contributed by atoms with Crippen molar-refractivity contribution < 1.29 is 18.3 Å². The van der Waals surface area contributed by atoms with Crippen LogP contribution in [0.15, 0.2) is 12.3 Å². The first-order chi connectivity index (χ1) is 7.99. The average molecular weight is 249 g/mol. The number of aromatic nitrogens is 2. The monoisotopic (exact) mass is 249 g/mol. The number of hydrogen-bond acceptors (Lipinski definition) is 3. The Morgan fingerprint density at radius 1 is 1.53 bits per heavy atom. The highest BCUT2D eigenvalue weighted by Crippen LogP contribution is 2.27. The maximum absolute atomic E-state index is 12.3. The lowest BCUT2D eigenvalue weighted by atomic mass is 10.3. The van der Waals surface area contributed by atoms with Gasteiger partial charge in [-0.25, -0.2) is 0 Å². The molecule has 1 heterocycles. The minimum absolute atomic E-state index is 0.113. The van der Waals surface area contributed by atoms with Gasteiger partial charge < -0.3 is 10.4 Å². The van der Waals surface area contributed by atoms with E-state index in [0.29, 0.717) is 6.04 Å². The summed E-state index contributed by atoms with van der Waals surface area (Å²) >= 11 is 0. The molecule has 1 aliphatic carbocycles. The molecule has 7 heteroatoms. The zero-order valence-electron chi connectivity index (χ0n) is 9.11. The lowest BCUT2D eigenvalue weighted by Gasteiger charge is -2.15. The van der Waals surface area contributed by atoms with Gasteiger partial charge in [0.05, 0.1) is 19.2 Å². The van der Waals surface area contributed by atoms with E-state index in [1.165, 1.54) is 10.9 Å². The van der Waals surface area contributed by atoms with Crippen LogP contribution in [0.2, 0.25) is 0 Å². The number of aliphatic hydroxyl groups is 1. The molecule has 1 aliphatic rings. The summed E-state index contributed by atoms with van der Waals surface area (Å²) in [6, 6.07) is 1.08. The van der Waals surface area contributed by atoms with Crippen molar-refractivity contribution in [3.63, 3.8) is 0 Å². The van der Waals surface area contributed by atoms with Gasteiger partial charge in [-0.15, -0.1) is 0 Å². The molecule has 1 saturated carbocycles. The Labute approximate surface area is 96.4 Å². The topological polar surface area (TPSA) is 50.1 Å². The van der Waals surface area contributed by atoms with E-state index in [1.54, 1.807) is 0 Å². The molecule has 1 fully saturated rings. The van der Waals surface area contributed by atoms with Gasteiger partial charge in [0.15, 0.2) is 5.69 Å². The predicted molar refractivity (Wildman–Crippen MR) is 54.3 cm³/mol. The van der Waals surface area contributed by atoms with E-state index in [4.69, 9.17) is 5.11 Å². The molecule has 1 atom stereocenters. The molecule has 0 aromatic carbocycles. The van der Waals surface area contributed by atoms with Crippen LogP contribution in [-0.2, 0) is 12.7 Å². The lowest BCUT2D eigenvalue weighted by molar-refractivity contribution is -0.141. The van der Waals surface area contributed by atoms with Crippen LogP contribution in [0.1, 0.15) is 18.5 Å². The van der Waals surface area contributed by atoms with E-state index in [0.717, 1.165) is 18.9 Å². The molecular weight excluding hydrogens is 235 g/mol. The van der Waals surface area contributed by atoms with Crippen LogP contribution in [0.3, 0.4) is 0 Å². The maximum atomic E-state index is 12.3. The Morgan fingerprint density at radius 2 is 2.24 bits per heavy atom. The fourth-order valence-corrected chi connectivity index (χ4v) is 1.59. The van der Waals surface area contributed by atoms with Crippen LogP contribution >= 0.6 is 0 Å². The average Bonchev–Trinajstić information content (AvgIpc) is 2.91. The Kier molecular flexibility index (Phi) is 3.39. The molecule has 1 aromatic rings. The van der Waals surface area contributed by atoms with Crippen molar-refractivity contribution in [3.8, 4) is 0 Å². The molecule has 1 aromatic heterocycles. The Morgan fingerprint density at radius 3 is 2.71 bits per heavy atom. The summed E-state index contributed by atoms with van der Waals surface area (Å²) < 4.78 is 38.1. The quantitative estimate of drug-likeness (QED) is 0.819. The molecule has 2 rings (SSSR count). The summed E-state index contributed by atoms with van der Waals surface area (Å²) in [5.74, 6) is 0. The van der Waals surface area contributed by atoms with Crippen molar-refractivity contribution in [3.05, 3.63) is 18.0 Å². The zero-order chi connectivity index (χ0) is 12.5. The zero-order valence-corrected chi connectivity index (χ0v) is 9.11. The number of rotatable bonds is 5. The molecule has 17 heavy (non-hydrogen) atoms. The molecule has 2 N–H and O–H groups in total. The van der Waals surface area contributed by atoms with Crippen molar-refractivity contribution in [1.82, 2.24) is 15.1 Å². The largest absolute Gasteiger partial charge is 0.435 e. The van der Waals surface area contributed by atoms with Gasteiger partial charge in [-0.3, -0.25) is 4.68 Å². The molecule has 1 unspecified atom stereocenters. The van der Waals surface area contributed by atoms with Crippen molar-refractivity contribution in [1.29, 1.82) is 0 Å². The van der Waals surface area contributed by atoms with Gasteiger partial charge in [0.25, 0.3) is 0 Å². The number of aliphatic hydroxyl groups excluding tert-OH is 1. The first-order valence-corrected chi connectivity index (χ1v) is 5.46. The Balaban J connectivity index is 1.94. The third kappa shape index (κ3) is 3.44. The molecule has 0 aliphatic heterocycles. The normalized spacial score (nSPS) is 18.4. The van der Waals surface area contributed by atoms with Crippen LogP contribution < -0.4 is 5.32 Å². The highest BCUT2D eigenvalue weighted by molar-refractivity contribution is 5.03. The third-order valence-corrected chi connectivity index (χ3v) is 2.61. The minimum Gasteiger partial charge on any atom is -0.395 e. The van der Waals surface area contributed by atoms with Gasteiger partial charge in [-0.2, -0.15) is 18.3 Å². The Hall–Kier alpha value is -1.08. The minimum atomic E-state index is -4.41. The van der Waals surface area contributed by atoms with Crippen molar-refractivity contribution in [2.45, 2.75) is 37.6 Å². The summed E-state index contributed by atoms with van der Waals surface area (Å²) in [6.45, 7) is 0.126. The highest BCUT2D eigenvalue weighted by atomic mass is 19.4. The van der Waals surface area contributed by atoms with Gasteiger partial charge >= 0.3 is 6.18 Å². The summed E-state index contributed by atoms with van der Waals surface area (Å²) in [6.07, 6.45) is -1.02. The van der Waals surface area contributed by atoms with Gasteiger partial charge in [0.2, 0.25) is 0 Å². The van der Waals surface area contributed by atoms with Crippen LogP contribution in [0, 0.1) is 0 Å². The first kappa shape index (κ1) is 12.4. The van der Waals surface area contributed by atoms with Crippen molar-refractivity contribution >= 4 is 0 Å². The van der Waals surface area contributed by atoms with Crippen molar-refractivity contribution in [2.75, 3.05) is 6.61 Å². The molecule has 4 nitrogen and oxygen atoms in total. The molecular formula is C10H14F3N3O. The number of alkyl halides is 3. The van der Waals surface area contributed by atoms with Gasteiger partial charge in [0.1, 0.15) is 0 Å². The van der Waals surface area contributed by atoms with Crippen LogP contribution in [0.4, 0.5) is 13.2 Å². The maximum Gasteiger partial charge on any atom is 0.435 e. The summed E-state index contributed by atoms with van der Waals surface area (Å²) in [7, 11) is 0. The second-order valence-electron chi connectivity index (χ2n) is 4.24. The van der Waals surface area contributed by atoms with E-state index in [2.05, 4.69) is 10.4 Å². The summed E-state index contributed by atoms with van der Waals surface area (Å²) in [5.41, 5.74) is -0.902. The summed E-state index contributed by atoms with van der Waals surface area (Å²) in [4.78, 5) is 0. The number of nitrogens with one attached hydrogen (secondary N) is 1. The fraction of sp³-hybridized carbons (Fsp3) is 0.700. The highest BCUT2D eigenvalue weighted by Gasteiger charge is 2.33. The van der Waals surface area contributed by atoms with Gasteiger partial charge in [-0.1, -0.05) is 0 Å². The second-order valence-corrected chi connectivity index (χ2v) is 4.24. The molecule has 96 valence electrons.